The van der Waals surface area contributed by atoms with Gasteiger partial charge in [0.15, 0.2) is 6.61 Å². The molecule has 5 heteroatoms. The van der Waals surface area contributed by atoms with Gasteiger partial charge in [0, 0.05) is 17.0 Å². The van der Waals surface area contributed by atoms with Crippen LogP contribution in [0.5, 0.6) is 5.75 Å². The zero-order valence-corrected chi connectivity index (χ0v) is 8.36. The lowest BCUT2D eigenvalue weighted by molar-refractivity contribution is 0.0996. The van der Waals surface area contributed by atoms with E-state index in [1.165, 1.54) is 0 Å². The van der Waals surface area contributed by atoms with Gasteiger partial charge < -0.3 is 15.5 Å². The minimum atomic E-state index is -0.504. The second-order valence-corrected chi connectivity index (χ2v) is 3.24. The summed E-state index contributed by atoms with van der Waals surface area (Å²) in [5.74, 6) is 0.0719. The predicted octanol–water partition coefficient (Wildman–Crippen LogP) is 1.17. The molecule has 80 valence electrons. The van der Waals surface area contributed by atoms with Crippen LogP contribution in [0.2, 0.25) is 0 Å². The van der Waals surface area contributed by atoms with E-state index in [0.717, 1.165) is 10.9 Å². The van der Waals surface area contributed by atoms with Crippen LogP contribution in [0.3, 0.4) is 0 Å². The monoisotopic (exact) mass is 215 g/mol. The fourth-order valence-electron chi connectivity index (χ4n) is 1.44. The van der Waals surface area contributed by atoms with Gasteiger partial charge in [0.05, 0.1) is 0 Å². The number of nitrogens with two attached hydrogens (primary N) is 1. The molecule has 0 aliphatic rings. The molecule has 0 fully saturated rings. The van der Waals surface area contributed by atoms with Gasteiger partial charge in [-0.05, 0) is 18.2 Å². The molecule has 0 aliphatic heterocycles. The van der Waals surface area contributed by atoms with Gasteiger partial charge in [-0.15, -0.1) is 0 Å². The molecule has 0 saturated heterocycles. The van der Waals surface area contributed by atoms with Crippen LogP contribution in [0, 0.1) is 11.3 Å². The molecule has 3 N–H and O–H groups in total. The van der Waals surface area contributed by atoms with Crippen LogP contribution in [-0.4, -0.2) is 17.5 Å². The second kappa shape index (κ2) is 3.95. The molecule has 0 bridgehead atoms. The summed E-state index contributed by atoms with van der Waals surface area (Å²) in [6, 6.07) is 8.81. The Morgan fingerprint density at radius 2 is 2.31 bits per heavy atom. The molecule has 0 aliphatic carbocycles. The fraction of sp³-hybridized carbons (Fsp3) is 0.0909. The molecule has 0 atom stereocenters. The Bertz CT molecular complexity index is 580. The molecule has 16 heavy (non-hydrogen) atoms. The summed E-state index contributed by atoms with van der Waals surface area (Å²) in [5, 5.41) is 9.25. The van der Waals surface area contributed by atoms with Crippen molar-refractivity contribution < 1.29 is 9.53 Å². The van der Waals surface area contributed by atoms with Crippen LogP contribution < -0.4 is 10.5 Å². The number of ether oxygens (including phenoxy) is 1. The number of H-pyrrole nitrogens is 1. The molecule has 0 spiro atoms. The highest BCUT2D eigenvalue weighted by molar-refractivity contribution is 5.97. The first-order valence-corrected chi connectivity index (χ1v) is 4.63. The van der Waals surface area contributed by atoms with Crippen molar-refractivity contribution in [2.24, 2.45) is 5.73 Å². The highest BCUT2D eigenvalue weighted by atomic mass is 16.5. The van der Waals surface area contributed by atoms with Crippen molar-refractivity contribution >= 4 is 16.8 Å². The van der Waals surface area contributed by atoms with E-state index in [0.29, 0.717) is 11.4 Å². The molecular weight excluding hydrogens is 206 g/mol. The quantitative estimate of drug-likeness (QED) is 0.804. The number of benzene rings is 1. The number of primary amides is 1. The summed E-state index contributed by atoms with van der Waals surface area (Å²) in [4.78, 5) is 13.8. The smallest absolute Gasteiger partial charge is 0.265 e. The van der Waals surface area contributed by atoms with Crippen LogP contribution in [0.25, 0.3) is 10.9 Å². The standard InChI is InChI=1S/C11H9N3O2/c12-3-4-16-8-2-1-7-5-10(11(13)15)14-9(7)6-8/h1-2,5-6,14H,4H2,(H2,13,15). The van der Waals surface area contributed by atoms with Crippen LogP contribution in [0.4, 0.5) is 0 Å². The number of nitrogens with one attached hydrogen (secondary N) is 1. The third-order valence-corrected chi connectivity index (χ3v) is 2.16. The molecule has 2 rings (SSSR count). The SMILES string of the molecule is N#CCOc1ccc2cc(C(N)=O)[nH]c2c1. The van der Waals surface area contributed by atoms with Crippen molar-refractivity contribution in [3.05, 3.63) is 30.0 Å². The number of amides is 1. The Balaban J connectivity index is 2.38. The topological polar surface area (TPSA) is 91.9 Å². The third kappa shape index (κ3) is 1.81. The lowest BCUT2D eigenvalue weighted by atomic mass is 10.2. The van der Waals surface area contributed by atoms with Gasteiger partial charge in [-0.1, -0.05) is 0 Å². The number of aromatic nitrogens is 1. The molecule has 0 radical (unpaired) electrons. The first-order valence-electron chi connectivity index (χ1n) is 4.63. The van der Waals surface area contributed by atoms with Gasteiger partial charge in [0.1, 0.15) is 17.5 Å². The molecule has 0 unspecified atom stereocenters. The Hall–Kier alpha value is -2.48. The van der Waals surface area contributed by atoms with Crippen molar-refractivity contribution in [1.82, 2.24) is 4.98 Å². The van der Waals surface area contributed by atoms with Gasteiger partial charge in [0.25, 0.3) is 5.91 Å². The maximum atomic E-state index is 10.9. The highest BCUT2D eigenvalue weighted by Gasteiger charge is 2.06. The summed E-state index contributed by atoms with van der Waals surface area (Å²) in [7, 11) is 0. The number of carbonyl (C=O) groups excluding carboxylic acids is 1. The highest BCUT2D eigenvalue weighted by Crippen LogP contribution is 2.21. The number of nitriles is 1. The number of fused-ring (bicyclic) bond motifs is 1. The summed E-state index contributed by atoms with van der Waals surface area (Å²) in [6.45, 7) is -0.00507. The minimum Gasteiger partial charge on any atom is -0.479 e. The first-order chi connectivity index (χ1) is 7.70. The Morgan fingerprint density at radius 1 is 1.50 bits per heavy atom. The largest absolute Gasteiger partial charge is 0.479 e. The van der Waals surface area contributed by atoms with Crippen LogP contribution in [0.1, 0.15) is 10.5 Å². The van der Waals surface area contributed by atoms with Gasteiger partial charge in [0.2, 0.25) is 0 Å². The van der Waals surface area contributed by atoms with E-state index >= 15 is 0 Å². The van der Waals surface area contributed by atoms with E-state index < -0.39 is 5.91 Å². The minimum absolute atomic E-state index is 0.00507. The molecular formula is C11H9N3O2. The van der Waals surface area contributed by atoms with E-state index in [2.05, 4.69) is 4.98 Å². The van der Waals surface area contributed by atoms with Crippen LogP contribution >= 0.6 is 0 Å². The van der Waals surface area contributed by atoms with Crippen molar-refractivity contribution in [3.8, 4) is 11.8 Å². The summed E-state index contributed by atoms with van der Waals surface area (Å²) >= 11 is 0. The van der Waals surface area contributed by atoms with E-state index in [9.17, 15) is 4.79 Å². The summed E-state index contributed by atoms with van der Waals surface area (Å²) < 4.78 is 5.14. The fourth-order valence-corrected chi connectivity index (χ4v) is 1.44. The van der Waals surface area contributed by atoms with Gasteiger partial charge in [-0.3, -0.25) is 4.79 Å². The van der Waals surface area contributed by atoms with E-state index in [1.807, 2.05) is 6.07 Å². The molecule has 1 heterocycles. The molecule has 5 nitrogen and oxygen atoms in total. The first kappa shape index (κ1) is 10.1. The lowest BCUT2D eigenvalue weighted by Crippen LogP contribution is -2.10. The molecule has 2 aromatic rings. The third-order valence-electron chi connectivity index (χ3n) is 2.16. The Labute approximate surface area is 91.4 Å². The van der Waals surface area contributed by atoms with Crippen molar-refractivity contribution in [1.29, 1.82) is 5.26 Å². The number of aromatic amines is 1. The lowest BCUT2D eigenvalue weighted by Gasteiger charge is -2.00. The summed E-state index contributed by atoms with van der Waals surface area (Å²) in [5.41, 5.74) is 6.26. The Kier molecular flexibility index (Phi) is 2.48. The zero-order chi connectivity index (χ0) is 11.5. The van der Waals surface area contributed by atoms with Gasteiger partial charge >= 0.3 is 0 Å². The number of carbonyl (C=O) groups is 1. The summed E-state index contributed by atoms with van der Waals surface area (Å²) in [6.07, 6.45) is 0. The number of hydrogen-bond donors (Lipinski definition) is 2. The van der Waals surface area contributed by atoms with Crippen molar-refractivity contribution in [2.75, 3.05) is 6.61 Å². The van der Waals surface area contributed by atoms with E-state index in [-0.39, 0.29) is 6.61 Å². The molecule has 1 aromatic carbocycles. The van der Waals surface area contributed by atoms with Crippen LogP contribution in [0.15, 0.2) is 24.3 Å². The van der Waals surface area contributed by atoms with Gasteiger partial charge in [-0.25, -0.2) is 0 Å². The van der Waals surface area contributed by atoms with Crippen molar-refractivity contribution in [2.45, 2.75) is 0 Å². The molecule has 0 saturated carbocycles. The van der Waals surface area contributed by atoms with Gasteiger partial charge in [-0.2, -0.15) is 5.26 Å². The second-order valence-electron chi connectivity index (χ2n) is 3.24. The normalized spacial score (nSPS) is 9.94. The van der Waals surface area contributed by atoms with Crippen molar-refractivity contribution in [3.63, 3.8) is 0 Å². The molecule has 1 aromatic heterocycles. The van der Waals surface area contributed by atoms with Crippen LogP contribution in [-0.2, 0) is 0 Å². The maximum absolute atomic E-state index is 10.9. The van der Waals surface area contributed by atoms with E-state index in [1.54, 1.807) is 24.3 Å². The van der Waals surface area contributed by atoms with E-state index in [4.69, 9.17) is 15.7 Å². The average molecular weight is 215 g/mol. The number of rotatable bonds is 3. The molecule has 1 amide bonds. The number of hydrogen-bond acceptors (Lipinski definition) is 3. The predicted molar refractivity (Wildman–Crippen MR) is 57.9 cm³/mol. The average Bonchev–Trinajstić information content (AvgIpc) is 2.69. The Morgan fingerprint density at radius 3 is 3.00 bits per heavy atom. The number of nitrogens with zero attached hydrogens (tertiary/aromatic N) is 1. The maximum Gasteiger partial charge on any atom is 0.265 e. The zero-order valence-electron chi connectivity index (χ0n) is 8.36.